The van der Waals surface area contributed by atoms with Gasteiger partial charge in [0.15, 0.2) is 0 Å². The number of nitrogens with zero attached hydrogens (tertiary/aromatic N) is 1. The van der Waals surface area contributed by atoms with Crippen LogP contribution in [0, 0.1) is 18.8 Å². The molecule has 0 bridgehead atoms. The molecule has 2 nitrogen and oxygen atoms in total. The molecule has 104 valence electrons. The summed E-state index contributed by atoms with van der Waals surface area (Å²) in [6.07, 6.45) is 1.30. The summed E-state index contributed by atoms with van der Waals surface area (Å²) in [6.45, 7) is 8.91. The first-order valence-electron chi connectivity index (χ1n) is 7.07. The zero-order valence-corrected chi connectivity index (χ0v) is 12.9. The maximum atomic E-state index is 6.03. The summed E-state index contributed by atoms with van der Waals surface area (Å²) in [7, 11) is 0. The Kier molecular flexibility index (Phi) is 4.58. The molecule has 3 unspecified atom stereocenters. The van der Waals surface area contributed by atoms with Gasteiger partial charge in [0.25, 0.3) is 0 Å². The Morgan fingerprint density at radius 2 is 1.95 bits per heavy atom. The lowest BCUT2D eigenvalue weighted by Gasteiger charge is -2.40. The second-order valence-corrected chi connectivity index (χ2v) is 6.59. The third kappa shape index (κ3) is 3.54. The van der Waals surface area contributed by atoms with E-state index in [1.807, 2.05) is 0 Å². The van der Waals surface area contributed by atoms with Crippen LogP contribution in [0.4, 0.5) is 0 Å². The van der Waals surface area contributed by atoms with Crippen molar-refractivity contribution in [1.82, 2.24) is 4.90 Å². The molecular formula is C16H24N2S. The number of hydrogen-bond donors (Lipinski definition) is 1. The molecule has 2 rings (SSSR count). The SMILES string of the molecule is Cc1cccc(C(C(N)=S)N2CC(C)CC(C)C2)c1. The number of benzene rings is 1. The van der Waals surface area contributed by atoms with Crippen molar-refractivity contribution in [2.24, 2.45) is 17.6 Å². The van der Waals surface area contributed by atoms with E-state index in [0.717, 1.165) is 13.1 Å². The summed E-state index contributed by atoms with van der Waals surface area (Å²) in [6, 6.07) is 8.63. The molecule has 2 N–H and O–H groups in total. The standard InChI is InChI=1S/C16H24N2S/c1-11-5-4-6-14(8-11)15(16(17)19)18-9-12(2)7-13(3)10-18/h4-6,8,12-13,15H,7,9-10H2,1-3H3,(H2,17,19). The van der Waals surface area contributed by atoms with Crippen LogP contribution >= 0.6 is 12.2 Å². The molecule has 0 radical (unpaired) electrons. The average Bonchev–Trinajstić information content (AvgIpc) is 2.27. The first kappa shape index (κ1) is 14.5. The summed E-state index contributed by atoms with van der Waals surface area (Å²) in [5, 5.41) is 0. The summed E-state index contributed by atoms with van der Waals surface area (Å²) >= 11 is 5.34. The second-order valence-electron chi connectivity index (χ2n) is 6.12. The Hall–Kier alpha value is -0.930. The second kappa shape index (κ2) is 6.02. The highest BCUT2D eigenvalue weighted by atomic mass is 32.1. The van der Waals surface area contributed by atoms with Crippen molar-refractivity contribution in [2.75, 3.05) is 13.1 Å². The first-order valence-corrected chi connectivity index (χ1v) is 7.48. The normalized spacial score (nSPS) is 26.1. The fraction of sp³-hybridized carbons (Fsp3) is 0.562. The largest absolute Gasteiger partial charge is 0.392 e. The number of likely N-dealkylation sites (tertiary alicyclic amines) is 1. The van der Waals surface area contributed by atoms with E-state index in [0.29, 0.717) is 16.8 Å². The van der Waals surface area contributed by atoms with Crippen molar-refractivity contribution >= 4 is 17.2 Å². The van der Waals surface area contributed by atoms with Gasteiger partial charge in [0, 0.05) is 13.1 Å². The van der Waals surface area contributed by atoms with Crippen molar-refractivity contribution in [3.05, 3.63) is 35.4 Å². The Balaban J connectivity index is 2.27. The lowest BCUT2D eigenvalue weighted by molar-refractivity contribution is 0.122. The minimum Gasteiger partial charge on any atom is -0.392 e. The molecule has 3 atom stereocenters. The van der Waals surface area contributed by atoms with Crippen molar-refractivity contribution in [2.45, 2.75) is 33.2 Å². The highest BCUT2D eigenvalue weighted by Crippen LogP contribution is 2.30. The van der Waals surface area contributed by atoms with Crippen LogP contribution in [0.2, 0.25) is 0 Å². The van der Waals surface area contributed by atoms with E-state index in [2.05, 4.69) is 49.9 Å². The van der Waals surface area contributed by atoms with E-state index in [1.165, 1.54) is 17.5 Å². The summed E-state index contributed by atoms with van der Waals surface area (Å²) < 4.78 is 0. The molecular weight excluding hydrogens is 252 g/mol. The third-order valence-electron chi connectivity index (χ3n) is 3.89. The maximum absolute atomic E-state index is 6.03. The summed E-state index contributed by atoms with van der Waals surface area (Å²) in [5.74, 6) is 1.43. The van der Waals surface area contributed by atoms with Gasteiger partial charge in [-0.15, -0.1) is 0 Å². The molecule has 1 heterocycles. The fourth-order valence-electron chi connectivity index (χ4n) is 3.32. The van der Waals surface area contributed by atoms with Crippen LogP contribution in [0.5, 0.6) is 0 Å². The van der Waals surface area contributed by atoms with Crippen LogP contribution in [-0.4, -0.2) is 23.0 Å². The molecule has 1 aliphatic rings. The van der Waals surface area contributed by atoms with Crippen LogP contribution < -0.4 is 5.73 Å². The Labute approximate surface area is 122 Å². The predicted octanol–water partition coefficient (Wildman–Crippen LogP) is 3.30. The molecule has 1 fully saturated rings. The monoisotopic (exact) mass is 276 g/mol. The zero-order chi connectivity index (χ0) is 14.0. The number of nitrogens with two attached hydrogens (primary N) is 1. The van der Waals surface area contributed by atoms with Crippen LogP contribution in [-0.2, 0) is 0 Å². The average molecular weight is 276 g/mol. The lowest BCUT2D eigenvalue weighted by Crippen LogP contribution is -2.45. The van der Waals surface area contributed by atoms with Gasteiger partial charge in [-0.25, -0.2) is 0 Å². The number of thiocarbonyl (C=S) groups is 1. The van der Waals surface area contributed by atoms with Crippen molar-refractivity contribution < 1.29 is 0 Å². The molecule has 1 aromatic carbocycles. The van der Waals surface area contributed by atoms with Gasteiger partial charge in [-0.2, -0.15) is 0 Å². The molecule has 0 aliphatic carbocycles. The first-order chi connectivity index (χ1) is 8.97. The van der Waals surface area contributed by atoms with Gasteiger partial charge in [0.1, 0.15) is 0 Å². The molecule has 0 amide bonds. The minimum atomic E-state index is 0.0834. The Morgan fingerprint density at radius 3 is 2.47 bits per heavy atom. The molecule has 0 spiro atoms. The van der Waals surface area contributed by atoms with Gasteiger partial charge in [-0.05, 0) is 30.7 Å². The van der Waals surface area contributed by atoms with Gasteiger partial charge in [0.2, 0.25) is 0 Å². The van der Waals surface area contributed by atoms with E-state index >= 15 is 0 Å². The summed E-state index contributed by atoms with van der Waals surface area (Å²) in [5.41, 5.74) is 8.52. The highest BCUT2D eigenvalue weighted by Gasteiger charge is 2.29. The highest BCUT2D eigenvalue weighted by molar-refractivity contribution is 7.80. The van der Waals surface area contributed by atoms with Gasteiger partial charge in [-0.3, -0.25) is 4.90 Å². The lowest BCUT2D eigenvalue weighted by atomic mass is 9.89. The van der Waals surface area contributed by atoms with Crippen LogP contribution in [0.3, 0.4) is 0 Å². The van der Waals surface area contributed by atoms with E-state index < -0.39 is 0 Å². The van der Waals surface area contributed by atoms with Crippen LogP contribution in [0.25, 0.3) is 0 Å². The van der Waals surface area contributed by atoms with E-state index in [1.54, 1.807) is 0 Å². The van der Waals surface area contributed by atoms with Crippen LogP contribution in [0.15, 0.2) is 24.3 Å². The predicted molar refractivity (Wildman–Crippen MR) is 85.2 cm³/mol. The molecule has 1 saturated heterocycles. The van der Waals surface area contributed by atoms with Crippen molar-refractivity contribution in [3.8, 4) is 0 Å². The van der Waals surface area contributed by atoms with E-state index in [4.69, 9.17) is 18.0 Å². The fourth-order valence-corrected chi connectivity index (χ4v) is 3.60. The smallest absolute Gasteiger partial charge is 0.0948 e. The quantitative estimate of drug-likeness (QED) is 0.859. The minimum absolute atomic E-state index is 0.0834. The van der Waals surface area contributed by atoms with Crippen molar-refractivity contribution in [1.29, 1.82) is 0 Å². The molecule has 3 heteroatoms. The Morgan fingerprint density at radius 1 is 1.32 bits per heavy atom. The van der Waals surface area contributed by atoms with Gasteiger partial charge in [0.05, 0.1) is 11.0 Å². The number of hydrogen-bond acceptors (Lipinski definition) is 2. The molecule has 0 saturated carbocycles. The van der Waals surface area contributed by atoms with Crippen molar-refractivity contribution in [3.63, 3.8) is 0 Å². The third-order valence-corrected chi connectivity index (χ3v) is 4.11. The maximum Gasteiger partial charge on any atom is 0.0948 e. The van der Waals surface area contributed by atoms with Crippen LogP contribution in [0.1, 0.15) is 37.4 Å². The molecule has 1 aromatic rings. The molecule has 0 aromatic heterocycles. The molecule has 1 aliphatic heterocycles. The van der Waals surface area contributed by atoms with E-state index in [9.17, 15) is 0 Å². The zero-order valence-electron chi connectivity index (χ0n) is 12.1. The van der Waals surface area contributed by atoms with Gasteiger partial charge >= 0.3 is 0 Å². The van der Waals surface area contributed by atoms with E-state index in [-0.39, 0.29) is 6.04 Å². The number of aryl methyl sites for hydroxylation is 1. The Bertz CT molecular complexity index is 448. The van der Waals surface area contributed by atoms with Gasteiger partial charge < -0.3 is 5.73 Å². The summed E-state index contributed by atoms with van der Waals surface area (Å²) in [4.78, 5) is 3.04. The topological polar surface area (TPSA) is 29.3 Å². The number of piperidine rings is 1. The number of rotatable bonds is 3. The van der Waals surface area contributed by atoms with Gasteiger partial charge in [-0.1, -0.05) is 55.9 Å². The molecule has 19 heavy (non-hydrogen) atoms.